The number of ketones is 2. The van der Waals surface area contributed by atoms with Gasteiger partial charge in [-0.05, 0) is 25.0 Å². The highest BCUT2D eigenvalue weighted by Gasteiger charge is 2.39. The van der Waals surface area contributed by atoms with Gasteiger partial charge in [0.05, 0.1) is 11.4 Å². The van der Waals surface area contributed by atoms with Gasteiger partial charge in [0.15, 0.2) is 0 Å². The van der Waals surface area contributed by atoms with Gasteiger partial charge in [-0.15, -0.1) is 0 Å². The van der Waals surface area contributed by atoms with E-state index in [1.807, 2.05) is 27.1 Å². The standard InChI is InChI=1S/C17H22ClN3O3/c1-4-14(20-24-7-5-6-18)17-15(22)8-12(9-16(17)23)13-10-21(3)19-11(13)2/h5-6,10,12,17H,4,7-9H2,1-3H3. The van der Waals surface area contributed by atoms with Gasteiger partial charge in [-0.2, -0.15) is 5.10 Å². The van der Waals surface area contributed by atoms with Gasteiger partial charge < -0.3 is 4.84 Å². The predicted octanol–water partition coefficient (Wildman–Crippen LogP) is 2.90. The lowest BCUT2D eigenvalue weighted by Crippen LogP contribution is -2.38. The number of carbonyl (C=O) groups is 2. The first-order valence-electron chi connectivity index (χ1n) is 7.97. The summed E-state index contributed by atoms with van der Waals surface area (Å²) < 4.78 is 1.71. The second-order valence-electron chi connectivity index (χ2n) is 5.91. The van der Waals surface area contributed by atoms with Crippen LogP contribution < -0.4 is 0 Å². The summed E-state index contributed by atoms with van der Waals surface area (Å²) in [5, 5.41) is 8.27. The molecule has 0 saturated heterocycles. The van der Waals surface area contributed by atoms with E-state index in [1.54, 1.807) is 10.8 Å². The topological polar surface area (TPSA) is 73.5 Å². The number of carbonyl (C=O) groups excluding carboxylic acids is 2. The van der Waals surface area contributed by atoms with Gasteiger partial charge in [-0.3, -0.25) is 14.3 Å². The van der Waals surface area contributed by atoms with E-state index in [1.165, 1.54) is 5.54 Å². The van der Waals surface area contributed by atoms with Gasteiger partial charge in [0, 0.05) is 37.5 Å². The first-order valence-corrected chi connectivity index (χ1v) is 8.41. The highest BCUT2D eigenvalue weighted by molar-refractivity contribution is 6.25. The third kappa shape index (κ3) is 4.12. The number of nitrogens with zero attached hydrogens (tertiary/aromatic N) is 3. The number of halogens is 1. The normalized spacial score (nSPS) is 22.4. The van der Waals surface area contributed by atoms with Crippen molar-refractivity contribution in [1.82, 2.24) is 9.78 Å². The Hall–Kier alpha value is -1.95. The summed E-state index contributed by atoms with van der Waals surface area (Å²) in [5.74, 6) is -1.09. The molecule has 0 radical (unpaired) electrons. The van der Waals surface area contributed by atoms with Crippen LogP contribution in [0, 0.1) is 12.8 Å². The first-order chi connectivity index (χ1) is 11.5. The van der Waals surface area contributed by atoms with Gasteiger partial charge >= 0.3 is 0 Å². The van der Waals surface area contributed by atoms with Crippen LogP contribution in [0.4, 0.5) is 0 Å². The molecular formula is C17H22ClN3O3. The summed E-state index contributed by atoms with van der Waals surface area (Å²) >= 11 is 5.41. The van der Waals surface area contributed by atoms with E-state index in [0.717, 1.165) is 11.3 Å². The van der Waals surface area contributed by atoms with Crippen LogP contribution in [-0.2, 0) is 21.5 Å². The number of aryl methyl sites for hydroxylation is 2. The van der Waals surface area contributed by atoms with Crippen molar-refractivity contribution in [3.8, 4) is 0 Å². The molecule has 24 heavy (non-hydrogen) atoms. The fourth-order valence-corrected chi connectivity index (χ4v) is 3.18. The lowest BCUT2D eigenvalue weighted by atomic mass is 9.75. The molecular weight excluding hydrogens is 330 g/mol. The number of Topliss-reactive ketones (excluding diaryl/α,β-unsaturated/α-hetero) is 2. The Bertz CT molecular complexity index is 661. The average Bonchev–Trinajstić information content (AvgIpc) is 2.87. The maximum Gasteiger partial charge on any atom is 0.149 e. The largest absolute Gasteiger partial charge is 0.392 e. The van der Waals surface area contributed by atoms with Crippen molar-refractivity contribution in [3.05, 3.63) is 29.1 Å². The second-order valence-corrected chi connectivity index (χ2v) is 6.16. The monoisotopic (exact) mass is 351 g/mol. The zero-order chi connectivity index (χ0) is 17.7. The van der Waals surface area contributed by atoms with E-state index in [-0.39, 0.29) is 24.1 Å². The molecule has 2 rings (SSSR count). The van der Waals surface area contributed by atoms with Crippen molar-refractivity contribution in [3.63, 3.8) is 0 Å². The molecule has 0 aliphatic heterocycles. The minimum atomic E-state index is -0.789. The minimum Gasteiger partial charge on any atom is -0.392 e. The van der Waals surface area contributed by atoms with Crippen LogP contribution in [-0.4, -0.2) is 33.7 Å². The van der Waals surface area contributed by atoms with E-state index in [9.17, 15) is 9.59 Å². The van der Waals surface area contributed by atoms with Crippen LogP contribution in [0.3, 0.4) is 0 Å². The van der Waals surface area contributed by atoms with Crippen LogP contribution in [0.25, 0.3) is 0 Å². The van der Waals surface area contributed by atoms with E-state index in [0.29, 0.717) is 25.0 Å². The van der Waals surface area contributed by atoms with Gasteiger partial charge in [0.2, 0.25) is 0 Å². The Labute approximate surface area is 146 Å². The molecule has 1 saturated carbocycles. The van der Waals surface area contributed by atoms with Crippen molar-refractivity contribution in [1.29, 1.82) is 0 Å². The number of rotatable bonds is 6. The Morgan fingerprint density at radius 1 is 1.46 bits per heavy atom. The fourth-order valence-electron chi connectivity index (χ4n) is 3.10. The maximum atomic E-state index is 12.6. The summed E-state index contributed by atoms with van der Waals surface area (Å²) in [4.78, 5) is 30.3. The van der Waals surface area contributed by atoms with Gasteiger partial charge in [-0.25, -0.2) is 0 Å². The molecule has 130 valence electrons. The fraction of sp³-hybridized carbons (Fsp3) is 0.529. The average molecular weight is 352 g/mol. The Balaban J connectivity index is 2.14. The van der Waals surface area contributed by atoms with Crippen molar-refractivity contribution in [2.75, 3.05) is 6.61 Å². The summed E-state index contributed by atoms with van der Waals surface area (Å²) in [7, 11) is 1.83. The van der Waals surface area contributed by atoms with E-state index in [2.05, 4.69) is 10.3 Å². The summed E-state index contributed by atoms with van der Waals surface area (Å²) in [6, 6.07) is 0. The highest BCUT2D eigenvalue weighted by atomic mass is 35.5. The van der Waals surface area contributed by atoms with Crippen molar-refractivity contribution in [2.45, 2.75) is 39.0 Å². The van der Waals surface area contributed by atoms with Crippen molar-refractivity contribution >= 4 is 28.9 Å². The van der Waals surface area contributed by atoms with Crippen LogP contribution in [0.15, 0.2) is 23.0 Å². The number of oxime groups is 1. The second kappa shape index (κ2) is 8.24. The Kier molecular flexibility index (Phi) is 6.31. The van der Waals surface area contributed by atoms with Gasteiger partial charge in [0.1, 0.15) is 24.1 Å². The maximum absolute atomic E-state index is 12.6. The molecule has 0 unspecified atom stereocenters. The lowest BCUT2D eigenvalue weighted by Gasteiger charge is -2.26. The highest BCUT2D eigenvalue weighted by Crippen LogP contribution is 2.34. The quantitative estimate of drug-likeness (QED) is 0.342. The van der Waals surface area contributed by atoms with Crippen LogP contribution in [0.1, 0.15) is 43.4 Å². The predicted molar refractivity (Wildman–Crippen MR) is 92.1 cm³/mol. The number of aromatic nitrogens is 2. The van der Waals surface area contributed by atoms with E-state index in [4.69, 9.17) is 16.4 Å². The van der Waals surface area contributed by atoms with Crippen LogP contribution in [0.5, 0.6) is 0 Å². The number of hydrogen-bond acceptors (Lipinski definition) is 5. The van der Waals surface area contributed by atoms with E-state index >= 15 is 0 Å². The molecule has 0 bridgehead atoms. The molecule has 1 heterocycles. The summed E-state index contributed by atoms with van der Waals surface area (Å²) in [6.07, 6.45) is 4.61. The lowest BCUT2D eigenvalue weighted by molar-refractivity contribution is -0.133. The van der Waals surface area contributed by atoms with Crippen molar-refractivity contribution in [2.24, 2.45) is 18.1 Å². The molecule has 0 spiro atoms. The van der Waals surface area contributed by atoms with Crippen molar-refractivity contribution < 1.29 is 14.4 Å². The molecule has 1 aliphatic rings. The molecule has 1 aliphatic carbocycles. The molecule has 6 nitrogen and oxygen atoms in total. The smallest absolute Gasteiger partial charge is 0.149 e. The van der Waals surface area contributed by atoms with Gasteiger partial charge in [-0.1, -0.05) is 23.7 Å². The van der Waals surface area contributed by atoms with Gasteiger partial charge in [0.25, 0.3) is 0 Å². The third-order valence-corrected chi connectivity index (χ3v) is 4.35. The molecule has 1 fully saturated rings. The molecule has 0 atom stereocenters. The van der Waals surface area contributed by atoms with E-state index < -0.39 is 5.92 Å². The SMILES string of the molecule is CCC(=NOCC=CCl)C1C(=O)CC(c2cn(C)nc2C)CC1=O. The molecule has 7 heteroatoms. The number of hydrogen-bond donors (Lipinski definition) is 0. The zero-order valence-corrected chi connectivity index (χ0v) is 14.9. The Morgan fingerprint density at radius 2 is 2.12 bits per heavy atom. The van der Waals surface area contributed by atoms with Crippen LogP contribution >= 0.6 is 11.6 Å². The molecule has 1 aromatic rings. The minimum absolute atomic E-state index is 0.100. The summed E-state index contributed by atoms with van der Waals surface area (Å²) in [6.45, 7) is 3.96. The zero-order valence-electron chi connectivity index (χ0n) is 14.2. The molecule has 0 aromatic carbocycles. The first kappa shape index (κ1) is 18.4. The molecule has 1 aromatic heterocycles. The van der Waals surface area contributed by atoms with Crippen LogP contribution in [0.2, 0.25) is 0 Å². The molecule has 0 amide bonds. The summed E-state index contributed by atoms with van der Waals surface area (Å²) in [5.41, 5.74) is 3.64. The molecule has 0 N–H and O–H groups in total. The third-order valence-electron chi connectivity index (χ3n) is 4.17. The Morgan fingerprint density at radius 3 is 2.62 bits per heavy atom.